The van der Waals surface area contributed by atoms with Crippen molar-refractivity contribution in [1.29, 1.82) is 0 Å². The van der Waals surface area contributed by atoms with E-state index in [0.29, 0.717) is 19.3 Å². The van der Waals surface area contributed by atoms with Crippen LogP contribution >= 0.6 is 0 Å². The van der Waals surface area contributed by atoms with E-state index in [4.69, 9.17) is 4.74 Å². The van der Waals surface area contributed by atoms with Gasteiger partial charge in [-0.2, -0.15) is 0 Å². The van der Waals surface area contributed by atoms with Gasteiger partial charge in [0.1, 0.15) is 5.75 Å². The molecule has 1 aliphatic heterocycles. The summed E-state index contributed by atoms with van der Waals surface area (Å²) in [5.41, 5.74) is 1.86. The number of methoxy groups -OCH3 is 1. The number of nitrogens with zero attached hydrogens (tertiary/aromatic N) is 1. The van der Waals surface area contributed by atoms with E-state index in [1.54, 1.807) is 19.2 Å². The number of carbonyl (C=O) groups is 1. The van der Waals surface area contributed by atoms with E-state index >= 15 is 4.39 Å². The molecule has 0 unspecified atom stereocenters. The molecule has 0 spiro atoms. The highest BCUT2D eigenvalue weighted by atomic mass is 32.2. The molecule has 3 N–H and O–H groups in total. The average molecular weight is 652 g/mol. The number of benzene rings is 3. The van der Waals surface area contributed by atoms with Crippen LogP contribution in [0.2, 0.25) is 0 Å². The summed E-state index contributed by atoms with van der Waals surface area (Å²) < 4.78 is 48.9. The second-order valence-electron chi connectivity index (χ2n) is 13.1. The molecule has 248 valence electrons. The number of hydrogen-bond acceptors (Lipinski definition) is 6. The number of anilines is 1. The molecule has 3 aromatic rings. The quantitative estimate of drug-likeness (QED) is 0.234. The Hall–Kier alpha value is -3.47. The summed E-state index contributed by atoms with van der Waals surface area (Å²) in [5, 5.41) is 17.9. The molecular weight excluding hydrogens is 605 g/mol. The van der Waals surface area contributed by atoms with Crippen molar-refractivity contribution < 1.29 is 27.4 Å². The Morgan fingerprint density at radius 1 is 1.04 bits per heavy atom. The first kappa shape index (κ1) is 33.9. The maximum Gasteiger partial charge on any atom is 0.254 e. The van der Waals surface area contributed by atoms with Gasteiger partial charge in [0.15, 0.2) is 5.82 Å². The number of halogens is 1. The van der Waals surface area contributed by atoms with Gasteiger partial charge in [-0.1, -0.05) is 55.3 Å². The minimum absolute atomic E-state index is 0.0495. The maximum absolute atomic E-state index is 16.3. The highest BCUT2D eigenvalue weighted by Gasteiger charge is 2.33. The fraction of sp³-hybridized carbons (Fsp3) is 0.472. The maximum atomic E-state index is 16.3. The molecule has 3 aromatic carbocycles. The zero-order valence-corrected chi connectivity index (χ0v) is 27.8. The Kier molecular flexibility index (Phi) is 10.7. The second-order valence-corrected chi connectivity index (χ2v) is 15.1. The first-order valence-electron chi connectivity index (χ1n) is 16.2. The van der Waals surface area contributed by atoms with Crippen LogP contribution in [-0.2, 0) is 22.0 Å². The average Bonchev–Trinajstić information content (AvgIpc) is 3.59. The number of aliphatic hydroxyl groups excluding tert-OH is 1. The molecule has 46 heavy (non-hydrogen) atoms. The molecule has 2 atom stereocenters. The lowest BCUT2D eigenvalue weighted by molar-refractivity contribution is 0.0810. The van der Waals surface area contributed by atoms with Crippen molar-refractivity contribution in [2.24, 2.45) is 0 Å². The van der Waals surface area contributed by atoms with Crippen LogP contribution in [0.15, 0.2) is 66.7 Å². The van der Waals surface area contributed by atoms with Gasteiger partial charge in [-0.15, -0.1) is 0 Å². The van der Waals surface area contributed by atoms with Gasteiger partial charge in [-0.25, -0.2) is 12.8 Å². The Labute approximate surface area is 272 Å². The third kappa shape index (κ3) is 7.90. The molecule has 2 fully saturated rings. The Morgan fingerprint density at radius 2 is 1.78 bits per heavy atom. The number of carbonyl (C=O) groups excluding carboxylic acids is 1. The number of ether oxygens (including phenoxy) is 1. The van der Waals surface area contributed by atoms with Gasteiger partial charge >= 0.3 is 0 Å². The van der Waals surface area contributed by atoms with Gasteiger partial charge in [-0.3, -0.25) is 9.10 Å². The smallest absolute Gasteiger partial charge is 0.254 e. The monoisotopic (exact) mass is 651 g/mol. The molecule has 0 bridgehead atoms. The lowest BCUT2D eigenvalue weighted by atomic mass is 9.92. The molecule has 2 aliphatic rings. The van der Waals surface area contributed by atoms with Crippen molar-refractivity contribution in [1.82, 2.24) is 10.6 Å². The molecule has 1 heterocycles. The Balaban J connectivity index is 1.43. The molecule has 0 aromatic heterocycles. The second kappa shape index (κ2) is 14.5. The third-order valence-corrected chi connectivity index (χ3v) is 11.2. The van der Waals surface area contributed by atoms with E-state index < -0.39 is 39.4 Å². The molecule has 1 saturated heterocycles. The molecule has 8 nitrogen and oxygen atoms in total. The van der Waals surface area contributed by atoms with Crippen molar-refractivity contribution >= 4 is 21.6 Å². The number of amides is 1. The zero-order valence-electron chi connectivity index (χ0n) is 27.0. The van der Waals surface area contributed by atoms with E-state index in [-0.39, 0.29) is 36.0 Å². The summed E-state index contributed by atoms with van der Waals surface area (Å²) >= 11 is 0. The first-order valence-corrected chi connectivity index (χ1v) is 17.9. The molecular formula is C36H46FN3O5S. The molecule has 0 radical (unpaired) electrons. The molecule has 1 aliphatic carbocycles. The summed E-state index contributed by atoms with van der Waals surface area (Å²) in [5.74, 6) is -0.727. The third-order valence-electron chi connectivity index (χ3n) is 9.39. The molecule has 1 amide bonds. The summed E-state index contributed by atoms with van der Waals surface area (Å²) in [6, 6.07) is 19.6. The number of rotatable bonds is 12. The minimum Gasteiger partial charge on any atom is -0.497 e. The van der Waals surface area contributed by atoms with Crippen LogP contribution in [0.1, 0.15) is 85.3 Å². The van der Waals surface area contributed by atoms with E-state index in [2.05, 4.69) is 10.6 Å². The van der Waals surface area contributed by atoms with E-state index in [1.807, 2.05) is 68.4 Å². The van der Waals surface area contributed by atoms with E-state index in [0.717, 1.165) is 52.4 Å². The lowest BCUT2D eigenvalue weighted by Crippen LogP contribution is -2.51. The SMILES string of the molecule is COc1cccc(C(C)(C)NC[C@@H](O)[C@H](Cc2ccccc2)NC(=O)c2cc(C3CCCC3)cc(N3CCCCS3(=O)=O)c2F)c1. The Morgan fingerprint density at radius 3 is 2.48 bits per heavy atom. The molecule has 10 heteroatoms. The number of hydrogen-bond donors (Lipinski definition) is 3. The zero-order chi connectivity index (χ0) is 32.9. The van der Waals surface area contributed by atoms with Gasteiger partial charge in [0.2, 0.25) is 10.0 Å². The number of nitrogens with one attached hydrogen (secondary N) is 2. The van der Waals surface area contributed by atoms with Gasteiger partial charge in [-0.05, 0) is 92.8 Å². The first-order chi connectivity index (χ1) is 22.0. The lowest BCUT2D eigenvalue weighted by Gasteiger charge is -2.32. The summed E-state index contributed by atoms with van der Waals surface area (Å²) in [6.45, 7) is 4.32. The fourth-order valence-corrected chi connectivity index (χ4v) is 8.17. The summed E-state index contributed by atoms with van der Waals surface area (Å²) in [7, 11) is -2.09. The van der Waals surface area contributed by atoms with Gasteiger partial charge in [0.05, 0.1) is 36.3 Å². The van der Waals surface area contributed by atoms with Crippen molar-refractivity contribution in [3.8, 4) is 5.75 Å². The van der Waals surface area contributed by atoms with Crippen molar-refractivity contribution in [3.05, 3.63) is 94.8 Å². The van der Waals surface area contributed by atoms with Crippen LogP contribution in [-0.4, -0.2) is 57.5 Å². The highest BCUT2D eigenvalue weighted by Crippen LogP contribution is 2.38. The predicted octanol–water partition coefficient (Wildman–Crippen LogP) is 5.65. The standard InChI is InChI=1S/C36H46FN3O5S/c1-36(2,28-16-11-17-29(23-28)45-3)38-24-33(41)31(20-25-12-5-4-6-13-25)39-35(42)30-21-27(26-14-7-8-15-26)22-32(34(30)37)40-18-9-10-19-46(40,43)44/h4-6,11-13,16-17,21-23,26,31,33,38,41H,7-10,14-15,18-20,24H2,1-3H3,(H,39,42)/t31-,33+/m0/s1. The van der Waals surface area contributed by atoms with Gasteiger partial charge < -0.3 is 20.5 Å². The summed E-state index contributed by atoms with van der Waals surface area (Å²) in [4.78, 5) is 14.0. The minimum atomic E-state index is -3.70. The van der Waals surface area contributed by atoms with Crippen LogP contribution in [0.4, 0.5) is 10.1 Å². The van der Waals surface area contributed by atoms with Crippen LogP contribution in [0.25, 0.3) is 0 Å². The molecule has 1 saturated carbocycles. The van der Waals surface area contributed by atoms with Crippen molar-refractivity contribution in [2.75, 3.05) is 30.3 Å². The van der Waals surface area contributed by atoms with Crippen LogP contribution in [0, 0.1) is 5.82 Å². The van der Waals surface area contributed by atoms with Crippen LogP contribution < -0.4 is 19.7 Å². The number of aliphatic hydroxyl groups is 1. The topological polar surface area (TPSA) is 108 Å². The summed E-state index contributed by atoms with van der Waals surface area (Å²) in [6.07, 6.45) is 4.31. The van der Waals surface area contributed by atoms with Crippen molar-refractivity contribution in [2.45, 2.75) is 82.4 Å². The van der Waals surface area contributed by atoms with Gasteiger partial charge in [0, 0.05) is 18.6 Å². The van der Waals surface area contributed by atoms with Crippen molar-refractivity contribution in [3.63, 3.8) is 0 Å². The number of sulfonamides is 1. The highest BCUT2D eigenvalue weighted by molar-refractivity contribution is 7.92. The molecule has 5 rings (SSSR count). The van der Waals surface area contributed by atoms with Crippen LogP contribution in [0.3, 0.4) is 0 Å². The predicted molar refractivity (Wildman–Crippen MR) is 179 cm³/mol. The normalized spacial score (nSPS) is 18.2. The van der Waals surface area contributed by atoms with Gasteiger partial charge in [0.25, 0.3) is 5.91 Å². The largest absolute Gasteiger partial charge is 0.497 e. The van der Waals surface area contributed by atoms with E-state index in [1.165, 1.54) is 0 Å². The van der Waals surface area contributed by atoms with E-state index in [9.17, 15) is 18.3 Å². The van der Waals surface area contributed by atoms with Crippen LogP contribution in [0.5, 0.6) is 5.75 Å². The Bertz CT molecular complexity index is 1610. The fourth-order valence-electron chi connectivity index (χ4n) is 6.55.